The lowest BCUT2D eigenvalue weighted by molar-refractivity contribution is -0.140. The summed E-state index contributed by atoms with van der Waals surface area (Å²) < 4.78 is 10.5. The molecule has 2 aromatic carbocycles. The number of hydrogen-bond acceptors (Lipinski definition) is 5. The van der Waals surface area contributed by atoms with E-state index in [0.29, 0.717) is 17.1 Å². The average Bonchev–Trinajstić information content (AvgIpc) is 3.06. The number of carbonyl (C=O) groups excluding carboxylic acids is 2. The Bertz CT molecular complexity index is 862. The fourth-order valence-corrected chi connectivity index (χ4v) is 2.76. The van der Waals surface area contributed by atoms with Gasteiger partial charge in [0.25, 0.3) is 0 Å². The normalized spacial score (nSPS) is 13.1. The molecule has 0 aliphatic carbocycles. The van der Waals surface area contributed by atoms with Crippen LogP contribution < -0.4 is 14.8 Å². The van der Waals surface area contributed by atoms with Gasteiger partial charge in [-0.25, -0.2) is 0 Å². The van der Waals surface area contributed by atoms with Crippen LogP contribution in [0.4, 0.5) is 5.69 Å². The van der Waals surface area contributed by atoms with E-state index in [4.69, 9.17) is 9.47 Å². The van der Waals surface area contributed by atoms with E-state index in [-0.39, 0.29) is 30.2 Å². The highest BCUT2D eigenvalue weighted by molar-refractivity contribution is 6.05. The number of ether oxygens (including phenoxy) is 2. The summed E-state index contributed by atoms with van der Waals surface area (Å²) in [5.74, 6) is -1.99. The molecule has 0 saturated heterocycles. The zero-order chi connectivity index (χ0) is 18.7. The van der Waals surface area contributed by atoms with Crippen molar-refractivity contribution in [2.75, 3.05) is 12.1 Å². The molecule has 2 N–H and O–H groups in total. The van der Waals surface area contributed by atoms with Crippen molar-refractivity contribution in [3.05, 3.63) is 53.6 Å². The van der Waals surface area contributed by atoms with E-state index in [9.17, 15) is 19.5 Å². The Labute approximate surface area is 149 Å². The maximum Gasteiger partial charge on any atom is 0.311 e. The molecule has 1 amide bonds. The van der Waals surface area contributed by atoms with Crippen molar-refractivity contribution in [2.45, 2.75) is 19.3 Å². The molecule has 0 radical (unpaired) electrons. The minimum absolute atomic E-state index is 0.0408. The Morgan fingerprint density at radius 2 is 1.77 bits per heavy atom. The quantitative estimate of drug-likeness (QED) is 0.773. The largest absolute Gasteiger partial charge is 0.481 e. The fraction of sp³-hybridized carbons (Fsp3) is 0.211. The molecule has 0 aromatic heterocycles. The molecule has 0 bridgehead atoms. The molecule has 1 aliphatic rings. The van der Waals surface area contributed by atoms with Crippen LogP contribution in [0.5, 0.6) is 11.5 Å². The van der Waals surface area contributed by atoms with Gasteiger partial charge in [-0.05, 0) is 18.6 Å². The summed E-state index contributed by atoms with van der Waals surface area (Å²) in [6.45, 7) is 1.41. The number of benzene rings is 2. The van der Waals surface area contributed by atoms with E-state index >= 15 is 0 Å². The van der Waals surface area contributed by atoms with Crippen molar-refractivity contribution in [2.24, 2.45) is 0 Å². The Hall–Kier alpha value is -3.35. The molecule has 3 rings (SSSR count). The topological polar surface area (TPSA) is 102 Å². The summed E-state index contributed by atoms with van der Waals surface area (Å²) in [6, 6.07) is 11.5. The lowest BCUT2D eigenvalue weighted by Gasteiger charge is -2.14. The molecule has 0 saturated carbocycles. The second-order valence-corrected chi connectivity index (χ2v) is 5.86. The van der Waals surface area contributed by atoms with E-state index in [1.807, 2.05) is 0 Å². The van der Waals surface area contributed by atoms with Crippen LogP contribution in [-0.4, -0.2) is 29.6 Å². The van der Waals surface area contributed by atoms with Crippen molar-refractivity contribution in [3.8, 4) is 11.5 Å². The van der Waals surface area contributed by atoms with E-state index in [1.54, 1.807) is 30.3 Å². The smallest absolute Gasteiger partial charge is 0.311 e. The molecular weight excluding hydrogens is 338 g/mol. The summed E-state index contributed by atoms with van der Waals surface area (Å²) in [6.07, 6.45) is -0.259. The van der Waals surface area contributed by atoms with Crippen molar-refractivity contribution >= 4 is 23.3 Å². The fourth-order valence-electron chi connectivity index (χ4n) is 2.76. The summed E-state index contributed by atoms with van der Waals surface area (Å²) in [5, 5.41) is 12.1. The molecule has 1 unspecified atom stereocenters. The maximum absolute atomic E-state index is 12.4. The number of aliphatic carboxylic acids is 1. The Morgan fingerprint density at radius 3 is 2.38 bits per heavy atom. The van der Waals surface area contributed by atoms with Crippen LogP contribution in [0.3, 0.4) is 0 Å². The van der Waals surface area contributed by atoms with Gasteiger partial charge in [0.2, 0.25) is 12.7 Å². The van der Waals surface area contributed by atoms with Gasteiger partial charge in [-0.3, -0.25) is 14.4 Å². The summed E-state index contributed by atoms with van der Waals surface area (Å²) in [7, 11) is 0. The predicted molar refractivity (Wildman–Crippen MR) is 92.6 cm³/mol. The predicted octanol–water partition coefficient (Wildman–Crippen LogP) is 2.81. The van der Waals surface area contributed by atoms with E-state index in [1.165, 1.54) is 19.1 Å². The lowest BCUT2D eigenvalue weighted by atomic mass is 9.95. The van der Waals surface area contributed by atoms with Gasteiger partial charge in [0.05, 0.1) is 11.6 Å². The number of nitrogens with one attached hydrogen (secondary N) is 1. The molecule has 2 aromatic rings. The van der Waals surface area contributed by atoms with Gasteiger partial charge in [0.1, 0.15) is 0 Å². The number of amides is 1. The van der Waals surface area contributed by atoms with Gasteiger partial charge >= 0.3 is 5.97 Å². The van der Waals surface area contributed by atoms with Crippen LogP contribution in [0.2, 0.25) is 0 Å². The third-order valence-electron chi connectivity index (χ3n) is 4.06. The number of fused-ring (bicyclic) bond motifs is 1. The van der Waals surface area contributed by atoms with Gasteiger partial charge in [0, 0.05) is 18.1 Å². The number of Topliss-reactive ketones (excluding diaryl/α,β-unsaturated/α-hetero) is 1. The van der Waals surface area contributed by atoms with Crippen LogP contribution in [0.1, 0.15) is 35.2 Å². The molecule has 134 valence electrons. The Kier molecular flexibility index (Phi) is 4.88. The average molecular weight is 355 g/mol. The molecule has 7 heteroatoms. The maximum atomic E-state index is 12.4. The monoisotopic (exact) mass is 355 g/mol. The van der Waals surface area contributed by atoms with Crippen LogP contribution >= 0.6 is 0 Å². The van der Waals surface area contributed by atoms with Crippen LogP contribution in [0, 0.1) is 0 Å². The third kappa shape index (κ3) is 3.66. The van der Waals surface area contributed by atoms with Gasteiger partial charge < -0.3 is 19.9 Å². The van der Waals surface area contributed by atoms with Crippen LogP contribution in [0.25, 0.3) is 0 Å². The first-order valence-electron chi connectivity index (χ1n) is 7.98. The first kappa shape index (κ1) is 17.5. The van der Waals surface area contributed by atoms with Gasteiger partial charge in [0.15, 0.2) is 17.3 Å². The molecule has 0 spiro atoms. The zero-order valence-corrected chi connectivity index (χ0v) is 14.0. The lowest BCUT2D eigenvalue weighted by Crippen LogP contribution is -2.21. The third-order valence-corrected chi connectivity index (χ3v) is 4.06. The SMILES string of the molecule is CC(=O)c1cc2c(cc1NC(=O)CC(C(=O)O)c1ccccc1)OCO2. The minimum atomic E-state index is -1.09. The Balaban J connectivity index is 1.81. The number of hydrogen-bond donors (Lipinski definition) is 2. The van der Waals surface area contributed by atoms with Crippen LogP contribution in [0.15, 0.2) is 42.5 Å². The molecular formula is C19H17NO6. The second kappa shape index (κ2) is 7.26. The number of carboxylic acid groups (broad SMARTS) is 1. The second-order valence-electron chi connectivity index (χ2n) is 5.86. The van der Waals surface area contributed by atoms with Crippen molar-refractivity contribution in [3.63, 3.8) is 0 Å². The standard InChI is InChI=1S/C19H17NO6/c1-11(21)13-7-16-17(26-10-25-16)9-15(13)20-18(22)8-14(19(23)24)12-5-3-2-4-6-12/h2-7,9,14H,8,10H2,1H3,(H,20,22)(H,23,24). The van der Waals surface area contributed by atoms with Crippen LogP contribution in [-0.2, 0) is 9.59 Å². The van der Waals surface area contributed by atoms with E-state index in [0.717, 1.165) is 0 Å². The molecule has 0 fully saturated rings. The number of rotatable bonds is 6. The summed E-state index contributed by atoms with van der Waals surface area (Å²) in [4.78, 5) is 35.8. The van der Waals surface area contributed by atoms with Crippen molar-refractivity contribution < 1.29 is 29.0 Å². The molecule has 26 heavy (non-hydrogen) atoms. The minimum Gasteiger partial charge on any atom is -0.481 e. The molecule has 1 atom stereocenters. The van der Waals surface area contributed by atoms with Gasteiger partial charge in [-0.15, -0.1) is 0 Å². The zero-order valence-electron chi connectivity index (χ0n) is 14.0. The number of carboxylic acids is 1. The van der Waals surface area contributed by atoms with E-state index in [2.05, 4.69) is 5.32 Å². The molecule has 7 nitrogen and oxygen atoms in total. The summed E-state index contributed by atoms with van der Waals surface area (Å²) in [5.41, 5.74) is 1.07. The summed E-state index contributed by atoms with van der Waals surface area (Å²) >= 11 is 0. The molecule has 1 heterocycles. The molecule has 1 aliphatic heterocycles. The van der Waals surface area contributed by atoms with Gasteiger partial charge in [-0.2, -0.15) is 0 Å². The van der Waals surface area contributed by atoms with Crippen molar-refractivity contribution in [1.82, 2.24) is 0 Å². The van der Waals surface area contributed by atoms with Gasteiger partial charge in [-0.1, -0.05) is 30.3 Å². The number of carbonyl (C=O) groups is 3. The first-order valence-corrected chi connectivity index (χ1v) is 7.98. The number of ketones is 1. The Morgan fingerprint density at radius 1 is 1.12 bits per heavy atom. The first-order chi connectivity index (χ1) is 12.5. The van der Waals surface area contributed by atoms with E-state index < -0.39 is 17.8 Å². The highest BCUT2D eigenvalue weighted by Crippen LogP contribution is 2.37. The highest BCUT2D eigenvalue weighted by atomic mass is 16.7. The van der Waals surface area contributed by atoms with Crippen molar-refractivity contribution in [1.29, 1.82) is 0 Å². The number of anilines is 1. The highest BCUT2D eigenvalue weighted by Gasteiger charge is 2.25.